The van der Waals surface area contributed by atoms with E-state index in [1.807, 2.05) is 4.90 Å². The summed E-state index contributed by atoms with van der Waals surface area (Å²) in [7, 11) is 0. The number of likely N-dealkylation sites (tertiary alicyclic amines) is 2. The highest BCUT2D eigenvalue weighted by molar-refractivity contribution is 6.22. The standard InChI is InChI=1S/C19H31ClN2O.C7H13NO.CH4.2H2O/c1-14(2)18(21-13-23)11-22-10-9-17(19(3,4)12-22)15-5-7-16(20)8-6-15;1-7(9)8-5-3-2-4-6-8;;;/h5-7,13-14,16-18H,8-12H2,1-4H3,(H,21,23);2-6H2,1H3;1H4;2*1H2/t16?,17?,18-;;;;/m0..../s1. The van der Waals surface area contributed by atoms with E-state index in [2.05, 4.69) is 56.1 Å². The Morgan fingerprint density at radius 3 is 2.26 bits per heavy atom. The van der Waals surface area contributed by atoms with Crippen LogP contribution in [0.25, 0.3) is 0 Å². The molecule has 2 amide bonds. The maximum Gasteiger partial charge on any atom is 0.219 e. The summed E-state index contributed by atoms with van der Waals surface area (Å²) in [6.07, 6.45) is 13.3. The van der Waals surface area contributed by atoms with E-state index >= 15 is 0 Å². The summed E-state index contributed by atoms with van der Waals surface area (Å²) < 4.78 is 0. The number of carbonyl (C=O) groups is 2. The summed E-state index contributed by atoms with van der Waals surface area (Å²) in [5.74, 6) is 1.27. The first-order valence-electron chi connectivity index (χ1n) is 12.3. The van der Waals surface area contributed by atoms with Crippen molar-refractivity contribution >= 4 is 23.9 Å². The summed E-state index contributed by atoms with van der Waals surface area (Å²) in [4.78, 5) is 26.0. The van der Waals surface area contributed by atoms with Crippen molar-refractivity contribution in [1.29, 1.82) is 0 Å². The van der Waals surface area contributed by atoms with Gasteiger partial charge in [-0.05, 0) is 61.5 Å². The number of rotatable bonds is 6. The molecule has 0 aromatic rings. The molecule has 2 heterocycles. The van der Waals surface area contributed by atoms with E-state index in [1.54, 1.807) is 6.92 Å². The van der Waals surface area contributed by atoms with Crippen LogP contribution in [0.4, 0.5) is 0 Å². The highest BCUT2D eigenvalue weighted by Crippen LogP contribution is 2.41. The van der Waals surface area contributed by atoms with Crippen molar-refractivity contribution in [3.05, 3.63) is 23.8 Å². The minimum Gasteiger partial charge on any atom is -0.412 e. The number of allylic oxidation sites excluding steroid dienone is 4. The molecular formula is C27H52ClN3O4. The fraction of sp³-hybridized carbons (Fsp3) is 0.778. The molecule has 5 N–H and O–H groups in total. The molecule has 2 saturated heterocycles. The number of nitrogens with one attached hydrogen (secondary N) is 1. The second-order valence-corrected chi connectivity index (χ2v) is 11.1. The van der Waals surface area contributed by atoms with Crippen molar-refractivity contribution < 1.29 is 20.5 Å². The van der Waals surface area contributed by atoms with Gasteiger partial charge in [0.05, 0.1) is 5.38 Å². The number of amides is 2. The molecule has 0 spiro atoms. The van der Waals surface area contributed by atoms with Gasteiger partial charge in [-0.15, -0.1) is 11.6 Å². The zero-order valence-corrected chi connectivity index (χ0v) is 22.5. The Morgan fingerprint density at radius 1 is 1.20 bits per heavy atom. The van der Waals surface area contributed by atoms with Gasteiger partial charge < -0.3 is 26.1 Å². The average Bonchev–Trinajstić information content (AvgIpc) is 2.75. The van der Waals surface area contributed by atoms with Crippen LogP contribution in [0.2, 0.25) is 0 Å². The van der Waals surface area contributed by atoms with Crippen molar-refractivity contribution in [2.75, 3.05) is 32.7 Å². The Hall–Kier alpha value is -1.41. The molecule has 2 unspecified atom stereocenters. The van der Waals surface area contributed by atoms with E-state index in [9.17, 15) is 9.59 Å². The van der Waals surface area contributed by atoms with Gasteiger partial charge in [0.25, 0.3) is 0 Å². The second-order valence-electron chi connectivity index (χ2n) is 10.6. The topological polar surface area (TPSA) is 116 Å². The zero-order chi connectivity index (χ0) is 23.7. The Morgan fingerprint density at radius 2 is 1.83 bits per heavy atom. The van der Waals surface area contributed by atoms with Crippen LogP contribution in [0.1, 0.15) is 74.1 Å². The lowest BCUT2D eigenvalue weighted by atomic mass is 9.69. The minimum absolute atomic E-state index is 0. The monoisotopic (exact) mass is 517 g/mol. The predicted octanol–water partition coefficient (Wildman–Crippen LogP) is 3.60. The van der Waals surface area contributed by atoms with Crippen LogP contribution in [0.3, 0.4) is 0 Å². The van der Waals surface area contributed by atoms with Gasteiger partial charge >= 0.3 is 0 Å². The lowest BCUT2D eigenvalue weighted by Crippen LogP contribution is -2.51. The molecule has 7 nitrogen and oxygen atoms in total. The quantitative estimate of drug-likeness (QED) is 0.428. The van der Waals surface area contributed by atoms with Crippen LogP contribution in [-0.4, -0.2) is 77.2 Å². The van der Waals surface area contributed by atoms with Crippen LogP contribution in [0, 0.1) is 17.3 Å². The Bertz CT molecular complexity index is 675. The van der Waals surface area contributed by atoms with Gasteiger partial charge in [0.2, 0.25) is 12.3 Å². The summed E-state index contributed by atoms with van der Waals surface area (Å²) in [5, 5.41) is 3.13. The van der Waals surface area contributed by atoms with E-state index in [1.165, 1.54) is 31.3 Å². The van der Waals surface area contributed by atoms with Gasteiger partial charge in [-0.1, -0.05) is 53.3 Å². The summed E-state index contributed by atoms with van der Waals surface area (Å²) in [6.45, 7) is 15.8. The molecule has 3 atom stereocenters. The van der Waals surface area contributed by atoms with Crippen molar-refractivity contribution in [2.45, 2.75) is 85.6 Å². The molecule has 0 saturated carbocycles. The van der Waals surface area contributed by atoms with Gasteiger partial charge in [-0.3, -0.25) is 9.59 Å². The van der Waals surface area contributed by atoms with E-state index in [4.69, 9.17) is 11.6 Å². The molecule has 2 aliphatic heterocycles. The smallest absolute Gasteiger partial charge is 0.219 e. The molecule has 1 aliphatic carbocycles. The maximum absolute atomic E-state index is 10.8. The Balaban J connectivity index is 0. The lowest BCUT2D eigenvalue weighted by Gasteiger charge is -2.46. The first kappa shape index (κ1) is 35.8. The van der Waals surface area contributed by atoms with Crippen molar-refractivity contribution in [3.8, 4) is 0 Å². The molecule has 8 heteroatoms. The fourth-order valence-corrected chi connectivity index (χ4v) is 5.30. The van der Waals surface area contributed by atoms with Crippen LogP contribution >= 0.6 is 11.6 Å². The highest BCUT2D eigenvalue weighted by Gasteiger charge is 2.38. The predicted molar refractivity (Wildman–Crippen MR) is 148 cm³/mol. The van der Waals surface area contributed by atoms with Crippen LogP contribution in [0.15, 0.2) is 23.8 Å². The third-order valence-electron chi connectivity index (χ3n) is 7.13. The van der Waals surface area contributed by atoms with Gasteiger partial charge in [0.1, 0.15) is 0 Å². The first-order valence-corrected chi connectivity index (χ1v) is 12.8. The van der Waals surface area contributed by atoms with Crippen LogP contribution in [0.5, 0.6) is 0 Å². The van der Waals surface area contributed by atoms with E-state index in [-0.39, 0.29) is 41.1 Å². The van der Waals surface area contributed by atoms with Gasteiger partial charge in [-0.2, -0.15) is 0 Å². The van der Waals surface area contributed by atoms with Crippen molar-refractivity contribution in [3.63, 3.8) is 0 Å². The van der Waals surface area contributed by atoms with E-state index < -0.39 is 0 Å². The zero-order valence-electron chi connectivity index (χ0n) is 21.8. The summed E-state index contributed by atoms with van der Waals surface area (Å²) >= 11 is 6.16. The molecule has 206 valence electrons. The molecule has 2 fully saturated rings. The Labute approximate surface area is 219 Å². The first-order chi connectivity index (χ1) is 15.1. The molecule has 3 aliphatic rings. The number of hydrogen-bond donors (Lipinski definition) is 1. The molecule has 3 rings (SSSR count). The third kappa shape index (κ3) is 11.5. The molecular weight excluding hydrogens is 466 g/mol. The van der Waals surface area contributed by atoms with Crippen molar-refractivity contribution in [2.24, 2.45) is 17.3 Å². The van der Waals surface area contributed by atoms with E-state index in [0.717, 1.165) is 45.6 Å². The molecule has 0 aromatic carbocycles. The largest absolute Gasteiger partial charge is 0.412 e. The molecule has 0 bridgehead atoms. The SMILES string of the molecule is C.CC(=O)N1CCCCC1.CC(C)[C@H](CN1CCC(C2=CCC(Cl)C=C2)C(C)(C)C1)NC=O.O.O. The third-order valence-corrected chi connectivity index (χ3v) is 7.45. The average molecular weight is 518 g/mol. The summed E-state index contributed by atoms with van der Waals surface area (Å²) in [5.41, 5.74) is 1.69. The number of hydrogen-bond acceptors (Lipinski definition) is 3. The number of halogens is 1. The van der Waals surface area contributed by atoms with Gasteiger partial charge in [0, 0.05) is 39.1 Å². The molecule has 0 aromatic heterocycles. The minimum atomic E-state index is 0. The second kappa shape index (κ2) is 17.1. The number of nitrogens with zero attached hydrogens (tertiary/aromatic N) is 2. The summed E-state index contributed by atoms with van der Waals surface area (Å²) in [6, 6.07) is 0.227. The molecule has 0 radical (unpaired) electrons. The number of carbonyl (C=O) groups excluding carboxylic acids is 2. The van der Waals surface area contributed by atoms with E-state index in [0.29, 0.717) is 11.8 Å². The molecule has 35 heavy (non-hydrogen) atoms. The number of piperidine rings is 2. The van der Waals surface area contributed by atoms with Gasteiger partial charge in [0.15, 0.2) is 0 Å². The Kier molecular flexibility index (Phi) is 17.5. The highest BCUT2D eigenvalue weighted by atomic mass is 35.5. The number of alkyl halides is 1. The van der Waals surface area contributed by atoms with Crippen LogP contribution < -0.4 is 5.32 Å². The maximum atomic E-state index is 10.8. The van der Waals surface area contributed by atoms with Crippen molar-refractivity contribution in [1.82, 2.24) is 15.1 Å². The van der Waals surface area contributed by atoms with Gasteiger partial charge in [-0.25, -0.2) is 0 Å². The fourth-order valence-electron chi connectivity index (χ4n) is 5.14. The van der Waals surface area contributed by atoms with Crippen LogP contribution in [-0.2, 0) is 9.59 Å². The normalized spacial score (nSPS) is 24.3. The lowest BCUT2D eigenvalue weighted by molar-refractivity contribution is -0.129.